The lowest BCUT2D eigenvalue weighted by Gasteiger charge is -2.21. The van der Waals surface area contributed by atoms with E-state index in [9.17, 15) is 13.2 Å². The van der Waals surface area contributed by atoms with Crippen molar-refractivity contribution in [3.63, 3.8) is 0 Å². The number of benzene rings is 2. The minimum atomic E-state index is -3.70. The van der Waals surface area contributed by atoms with Gasteiger partial charge in [-0.2, -0.15) is 0 Å². The second kappa shape index (κ2) is 5.68. The van der Waals surface area contributed by atoms with Crippen LogP contribution >= 0.6 is 0 Å². The quantitative estimate of drug-likeness (QED) is 0.891. The fourth-order valence-electron chi connectivity index (χ4n) is 2.83. The number of sulfonamides is 1. The maximum Gasteiger partial charge on any atom is 0.317 e. The molecule has 0 aromatic heterocycles. The Balaban J connectivity index is 2.27. The summed E-state index contributed by atoms with van der Waals surface area (Å²) in [5, 5.41) is 11.9. The van der Waals surface area contributed by atoms with E-state index in [4.69, 9.17) is 5.11 Å². The van der Waals surface area contributed by atoms with Gasteiger partial charge in [0, 0.05) is 7.05 Å². The van der Waals surface area contributed by atoms with E-state index in [1.54, 1.807) is 36.4 Å². The molecule has 1 atom stereocenters. The maximum absolute atomic E-state index is 12.9. The first-order valence-electron chi connectivity index (χ1n) is 7.05. The van der Waals surface area contributed by atoms with Gasteiger partial charge in [-0.25, -0.2) is 8.42 Å². The van der Waals surface area contributed by atoms with Crippen molar-refractivity contribution in [2.24, 2.45) is 0 Å². The lowest BCUT2D eigenvalue weighted by Crippen LogP contribution is -2.28. The number of para-hydroxylation sites is 1. The number of anilines is 1. The smallest absolute Gasteiger partial charge is 0.317 e. The number of hydrogen-bond acceptors (Lipinski definition) is 4. The summed E-state index contributed by atoms with van der Waals surface area (Å²) < 4.78 is 26.9. The molecular weight excluding hydrogens is 316 g/mol. The van der Waals surface area contributed by atoms with Crippen LogP contribution in [-0.2, 0) is 14.8 Å². The van der Waals surface area contributed by atoms with Gasteiger partial charge in [-0.15, -0.1) is 0 Å². The summed E-state index contributed by atoms with van der Waals surface area (Å²) >= 11 is 0. The van der Waals surface area contributed by atoms with Crippen molar-refractivity contribution >= 4 is 21.7 Å². The number of carboxylic acids is 1. The molecule has 2 aromatic carbocycles. The third-order valence-corrected chi connectivity index (χ3v) is 5.76. The summed E-state index contributed by atoms with van der Waals surface area (Å²) in [4.78, 5) is 11.1. The van der Waals surface area contributed by atoms with Gasteiger partial charge in [0.2, 0.25) is 0 Å². The van der Waals surface area contributed by atoms with Gasteiger partial charge in [0.05, 0.1) is 23.2 Å². The van der Waals surface area contributed by atoms with E-state index in [1.807, 2.05) is 12.1 Å². The van der Waals surface area contributed by atoms with Crippen LogP contribution < -0.4 is 9.62 Å². The first-order chi connectivity index (χ1) is 10.9. The van der Waals surface area contributed by atoms with Crippen molar-refractivity contribution in [3.8, 4) is 0 Å². The largest absolute Gasteiger partial charge is 0.480 e. The third-order valence-electron chi connectivity index (χ3n) is 3.91. The molecule has 1 heterocycles. The second-order valence-electron chi connectivity index (χ2n) is 5.28. The van der Waals surface area contributed by atoms with Gasteiger partial charge in [0.15, 0.2) is 0 Å². The molecule has 0 saturated carbocycles. The van der Waals surface area contributed by atoms with Crippen molar-refractivity contribution in [3.05, 3.63) is 59.7 Å². The molecule has 7 heteroatoms. The highest BCUT2D eigenvalue weighted by Crippen LogP contribution is 2.39. The molecule has 0 fully saturated rings. The summed E-state index contributed by atoms with van der Waals surface area (Å²) in [6.07, 6.45) is 0. The van der Waals surface area contributed by atoms with Gasteiger partial charge in [0.1, 0.15) is 0 Å². The maximum atomic E-state index is 12.9. The number of nitrogens with zero attached hydrogens (tertiary/aromatic N) is 1. The zero-order valence-corrected chi connectivity index (χ0v) is 13.2. The molecular formula is C16H16N2O4S. The van der Waals surface area contributed by atoms with Gasteiger partial charge < -0.3 is 5.11 Å². The van der Waals surface area contributed by atoms with Gasteiger partial charge in [0.25, 0.3) is 10.0 Å². The Labute approximate surface area is 134 Å². The standard InChI is InChI=1S/C16H16N2O4S/c1-18-13-8-4-2-6-11(13)16(17-10-15(19)20)12-7-3-5-9-14(12)23(18,21)22/h2-9,16-17H,10H2,1H3,(H,19,20). The third kappa shape index (κ3) is 2.58. The number of hydrogen-bond donors (Lipinski definition) is 2. The number of fused-ring (bicyclic) bond motifs is 2. The minimum Gasteiger partial charge on any atom is -0.480 e. The molecule has 1 aliphatic heterocycles. The summed E-state index contributed by atoms with van der Waals surface area (Å²) in [5.74, 6) is -1.000. The zero-order chi connectivity index (χ0) is 16.6. The fraction of sp³-hybridized carbons (Fsp3) is 0.188. The normalized spacial score (nSPS) is 18.7. The zero-order valence-electron chi connectivity index (χ0n) is 12.4. The lowest BCUT2D eigenvalue weighted by molar-refractivity contribution is -0.136. The second-order valence-corrected chi connectivity index (χ2v) is 7.21. The predicted molar refractivity (Wildman–Crippen MR) is 86.0 cm³/mol. The molecule has 1 aliphatic rings. The molecule has 0 saturated heterocycles. The average molecular weight is 332 g/mol. The van der Waals surface area contributed by atoms with Crippen molar-refractivity contribution in [1.82, 2.24) is 5.32 Å². The molecule has 120 valence electrons. The Kier molecular flexibility index (Phi) is 3.83. The topological polar surface area (TPSA) is 86.7 Å². The first-order valence-corrected chi connectivity index (χ1v) is 8.49. The SMILES string of the molecule is CN1c2ccccc2C(NCC(=O)O)c2ccccc2S1(=O)=O. The van der Waals surface area contributed by atoms with E-state index in [-0.39, 0.29) is 11.4 Å². The molecule has 2 aromatic rings. The number of carbonyl (C=O) groups is 1. The van der Waals surface area contributed by atoms with E-state index in [0.29, 0.717) is 11.3 Å². The van der Waals surface area contributed by atoms with Crippen LogP contribution in [0.15, 0.2) is 53.4 Å². The Bertz CT molecular complexity index is 864. The van der Waals surface area contributed by atoms with Crippen LogP contribution in [-0.4, -0.2) is 33.1 Å². The van der Waals surface area contributed by atoms with Gasteiger partial charge >= 0.3 is 5.97 Å². The molecule has 2 N–H and O–H groups in total. The first kappa shape index (κ1) is 15.5. The van der Waals surface area contributed by atoms with Gasteiger partial charge in [-0.3, -0.25) is 14.4 Å². The lowest BCUT2D eigenvalue weighted by atomic mass is 9.97. The minimum absolute atomic E-state index is 0.182. The molecule has 0 aliphatic carbocycles. The molecule has 6 nitrogen and oxygen atoms in total. The van der Waals surface area contributed by atoms with E-state index in [1.165, 1.54) is 11.4 Å². The van der Waals surface area contributed by atoms with Crippen LogP contribution in [0.5, 0.6) is 0 Å². The van der Waals surface area contributed by atoms with E-state index in [0.717, 1.165) is 5.56 Å². The number of aliphatic carboxylic acids is 1. The monoisotopic (exact) mass is 332 g/mol. The van der Waals surface area contributed by atoms with Gasteiger partial charge in [-0.1, -0.05) is 36.4 Å². The van der Waals surface area contributed by atoms with Gasteiger partial charge in [-0.05, 0) is 23.3 Å². The van der Waals surface area contributed by atoms with E-state index < -0.39 is 22.0 Å². The molecule has 0 spiro atoms. The van der Waals surface area contributed by atoms with Crippen LogP contribution in [0.3, 0.4) is 0 Å². The molecule has 0 bridgehead atoms. The summed E-state index contributed by atoms with van der Waals surface area (Å²) in [7, 11) is -2.19. The molecule has 0 amide bonds. The summed E-state index contributed by atoms with van der Waals surface area (Å²) in [6.45, 7) is -0.267. The van der Waals surface area contributed by atoms with Crippen LogP contribution in [0, 0.1) is 0 Å². The molecule has 3 rings (SSSR count). The number of nitrogens with one attached hydrogen (secondary N) is 1. The van der Waals surface area contributed by atoms with Crippen LogP contribution in [0.2, 0.25) is 0 Å². The van der Waals surface area contributed by atoms with Crippen LogP contribution in [0.25, 0.3) is 0 Å². The highest BCUT2D eigenvalue weighted by atomic mass is 32.2. The van der Waals surface area contributed by atoms with Crippen LogP contribution in [0.1, 0.15) is 17.2 Å². The fourth-order valence-corrected chi connectivity index (χ4v) is 4.28. The average Bonchev–Trinajstić information content (AvgIpc) is 2.60. The number of carboxylic acid groups (broad SMARTS) is 1. The number of rotatable bonds is 3. The highest BCUT2D eigenvalue weighted by molar-refractivity contribution is 7.92. The summed E-state index contributed by atoms with van der Waals surface area (Å²) in [6, 6.07) is 13.2. The van der Waals surface area contributed by atoms with Crippen molar-refractivity contribution < 1.29 is 18.3 Å². The van der Waals surface area contributed by atoms with Crippen LogP contribution in [0.4, 0.5) is 5.69 Å². The molecule has 1 unspecified atom stereocenters. The Morgan fingerprint density at radius 1 is 1.13 bits per heavy atom. The summed E-state index contributed by atoms with van der Waals surface area (Å²) in [5.41, 5.74) is 1.81. The van der Waals surface area contributed by atoms with Crippen molar-refractivity contribution in [1.29, 1.82) is 0 Å². The Morgan fingerprint density at radius 3 is 2.43 bits per heavy atom. The van der Waals surface area contributed by atoms with Crippen molar-refractivity contribution in [2.45, 2.75) is 10.9 Å². The predicted octanol–water partition coefficient (Wildman–Crippen LogP) is 1.59. The Hall–Kier alpha value is -2.38. The van der Waals surface area contributed by atoms with E-state index >= 15 is 0 Å². The Morgan fingerprint density at radius 2 is 1.74 bits per heavy atom. The highest BCUT2D eigenvalue weighted by Gasteiger charge is 2.34. The molecule has 0 radical (unpaired) electrons. The van der Waals surface area contributed by atoms with Crippen molar-refractivity contribution in [2.75, 3.05) is 17.9 Å². The molecule has 23 heavy (non-hydrogen) atoms. The van der Waals surface area contributed by atoms with E-state index in [2.05, 4.69) is 5.32 Å².